The molecule has 0 aromatic carbocycles. The van der Waals surface area contributed by atoms with E-state index in [9.17, 15) is 0 Å². The highest BCUT2D eigenvalue weighted by molar-refractivity contribution is 5.99. The molecule has 3 heterocycles. The molecular formula is C26H37N3O. The van der Waals surface area contributed by atoms with Crippen LogP contribution in [0.1, 0.15) is 83.2 Å². The Morgan fingerprint density at radius 2 is 1.67 bits per heavy atom. The van der Waals surface area contributed by atoms with Crippen LogP contribution in [-0.2, 0) is 0 Å². The van der Waals surface area contributed by atoms with Crippen molar-refractivity contribution in [2.45, 2.75) is 77.6 Å². The molecular weight excluding hydrogens is 370 g/mol. The van der Waals surface area contributed by atoms with Gasteiger partial charge >= 0.3 is 0 Å². The van der Waals surface area contributed by atoms with Crippen molar-refractivity contribution >= 4 is 11.8 Å². The van der Waals surface area contributed by atoms with Crippen molar-refractivity contribution in [3.8, 4) is 17.1 Å². The maximum atomic E-state index is 5.54. The summed E-state index contributed by atoms with van der Waals surface area (Å²) in [5.41, 5.74) is 5.18. The van der Waals surface area contributed by atoms with E-state index in [1.165, 1.54) is 69.9 Å². The van der Waals surface area contributed by atoms with Crippen molar-refractivity contribution in [2.24, 2.45) is 4.99 Å². The number of allylic oxidation sites excluding steroid dienone is 2. The van der Waals surface area contributed by atoms with Crippen molar-refractivity contribution in [1.29, 1.82) is 0 Å². The fourth-order valence-electron chi connectivity index (χ4n) is 3.95. The van der Waals surface area contributed by atoms with Gasteiger partial charge < -0.3 is 14.7 Å². The van der Waals surface area contributed by atoms with Gasteiger partial charge in [0.2, 0.25) is 0 Å². The molecule has 0 aliphatic carbocycles. The minimum Gasteiger partial charge on any atom is -0.494 e. The van der Waals surface area contributed by atoms with Crippen molar-refractivity contribution in [3.05, 3.63) is 47.9 Å². The van der Waals surface area contributed by atoms with Crippen LogP contribution in [0.4, 0.5) is 0 Å². The van der Waals surface area contributed by atoms with Gasteiger partial charge in [0.15, 0.2) is 0 Å². The first-order valence-corrected chi connectivity index (χ1v) is 11.7. The van der Waals surface area contributed by atoms with E-state index >= 15 is 0 Å². The van der Waals surface area contributed by atoms with Gasteiger partial charge in [0, 0.05) is 18.0 Å². The number of methoxy groups -OCH3 is 1. The third-order valence-electron chi connectivity index (χ3n) is 5.72. The molecule has 0 unspecified atom stereocenters. The van der Waals surface area contributed by atoms with Crippen LogP contribution < -0.4 is 4.74 Å². The average molecular weight is 408 g/mol. The van der Waals surface area contributed by atoms with E-state index in [1.807, 2.05) is 24.4 Å². The molecule has 1 aliphatic rings. The van der Waals surface area contributed by atoms with E-state index in [0.717, 1.165) is 34.9 Å². The molecule has 2 aromatic rings. The summed E-state index contributed by atoms with van der Waals surface area (Å²) in [6.07, 6.45) is 23.0. The van der Waals surface area contributed by atoms with Crippen molar-refractivity contribution in [1.82, 2.24) is 9.97 Å². The van der Waals surface area contributed by atoms with Crippen molar-refractivity contribution < 1.29 is 4.74 Å². The molecule has 3 rings (SSSR count). The molecule has 0 fully saturated rings. The summed E-state index contributed by atoms with van der Waals surface area (Å²) in [6, 6.07) is 6.05. The molecule has 0 spiro atoms. The van der Waals surface area contributed by atoms with Crippen molar-refractivity contribution in [3.63, 3.8) is 0 Å². The fraction of sp³-hybridized carbons (Fsp3) is 0.500. The summed E-state index contributed by atoms with van der Waals surface area (Å²) in [6.45, 7) is 2.28. The first kappa shape index (κ1) is 22.2. The summed E-state index contributed by atoms with van der Waals surface area (Å²) in [4.78, 5) is 11.4. The number of nitrogens with one attached hydrogen (secondary N) is 2. The number of aromatic amines is 2. The quantitative estimate of drug-likeness (QED) is 0.310. The van der Waals surface area contributed by atoms with Crippen LogP contribution in [0.15, 0.2) is 47.2 Å². The Labute approximate surface area is 181 Å². The number of aromatic nitrogens is 2. The normalized spacial score (nSPS) is 14.6. The molecule has 162 valence electrons. The molecule has 2 N–H and O–H groups in total. The summed E-state index contributed by atoms with van der Waals surface area (Å²) >= 11 is 0. The van der Waals surface area contributed by atoms with Gasteiger partial charge in [-0.1, -0.05) is 64.7 Å². The first-order valence-electron chi connectivity index (χ1n) is 11.7. The smallest absolute Gasteiger partial charge is 0.144 e. The van der Waals surface area contributed by atoms with Crippen LogP contribution in [0.5, 0.6) is 5.75 Å². The molecule has 0 saturated heterocycles. The van der Waals surface area contributed by atoms with Gasteiger partial charge in [0.05, 0.1) is 29.9 Å². The van der Waals surface area contributed by atoms with Gasteiger partial charge in [-0.25, -0.2) is 0 Å². The van der Waals surface area contributed by atoms with Crippen LogP contribution in [0.25, 0.3) is 17.5 Å². The molecule has 4 nitrogen and oxygen atoms in total. The average Bonchev–Trinajstić information content (AvgIpc) is 3.50. The number of rotatable bonds is 14. The monoisotopic (exact) mass is 407 g/mol. The number of aliphatic imine (C=N–C) groups is 1. The lowest BCUT2D eigenvalue weighted by Gasteiger charge is -2.02. The van der Waals surface area contributed by atoms with E-state index in [1.54, 1.807) is 7.11 Å². The molecule has 1 aliphatic heterocycles. The van der Waals surface area contributed by atoms with Crippen LogP contribution >= 0.6 is 0 Å². The van der Waals surface area contributed by atoms with E-state index in [0.29, 0.717) is 0 Å². The van der Waals surface area contributed by atoms with E-state index < -0.39 is 0 Å². The standard InChI is InChI=1S/C26H37N3O/c1-3-4-5-6-7-8-9-10-11-12-14-21-16-17-22(28-21)19-25-26(30-2)20-24(29-25)23-15-13-18-27-23/h13,15-20,27,29H,3-12,14H2,1-2H3/b22-19+. The Morgan fingerprint density at radius 3 is 2.33 bits per heavy atom. The van der Waals surface area contributed by atoms with Gasteiger partial charge in [-0.3, -0.25) is 4.99 Å². The number of nitrogens with zero attached hydrogens (tertiary/aromatic N) is 1. The minimum atomic E-state index is 0.832. The lowest BCUT2D eigenvalue weighted by molar-refractivity contribution is 0.414. The van der Waals surface area contributed by atoms with Crippen LogP contribution in [0, 0.1) is 0 Å². The SMILES string of the molecule is CCCCCCCCCCCCC1=N/C(=C/c2[nH]c(-c3ccc[nH]3)cc2OC)C=C1. The van der Waals surface area contributed by atoms with Gasteiger partial charge in [-0.05, 0) is 43.2 Å². The zero-order valence-electron chi connectivity index (χ0n) is 18.7. The zero-order valence-corrected chi connectivity index (χ0v) is 18.7. The second kappa shape index (κ2) is 12.3. The number of unbranched alkanes of at least 4 members (excludes halogenated alkanes) is 9. The Balaban J connectivity index is 1.41. The summed E-state index contributed by atoms with van der Waals surface area (Å²) in [5.74, 6) is 0.832. The maximum absolute atomic E-state index is 5.54. The molecule has 0 radical (unpaired) electrons. The fourth-order valence-corrected chi connectivity index (χ4v) is 3.95. The highest BCUT2D eigenvalue weighted by Crippen LogP contribution is 2.29. The van der Waals surface area contributed by atoms with E-state index in [2.05, 4.69) is 35.1 Å². The molecule has 2 aromatic heterocycles. The number of ether oxygens (including phenoxy) is 1. The van der Waals surface area contributed by atoms with Crippen molar-refractivity contribution in [2.75, 3.05) is 7.11 Å². The highest BCUT2D eigenvalue weighted by Gasteiger charge is 2.11. The summed E-state index contributed by atoms with van der Waals surface area (Å²) < 4.78 is 5.54. The lowest BCUT2D eigenvalue weighted by atomic mass is 10.0. The minimum absolute atomic E-state index is 0.832. The summed E-state index contributed by atoms with van der Waals surface area (Å²) in [5, 5.41) is 0. The predicted molar refractivity (Wildman–Crippen MR) is 128 cm³/mol. The van der Waals surface area contributed by atoms with Gasteiger partial charge in [-0.15, -0.1) is 0 Å². The molecule has 30 heavy (non-hydrogen) atoms. The third-order valence-corrected chi connectivity index (χ3v) is 5.72. The van der Waals surface area contributed by atoms with E-state index in [4.69, 9.17) is 9.73 Å². The Hall–Kier alpha value is -2.49. The zero-order chi connectivity index (χ0) is 21.0. The van der Waals surface area contributed by atoms with Gasteiger partial charge in [-0.2, -0.15) is 0 Å². The van der Waals surface area contributed by atoms with Crippen LogP contribution in [-0.4, -0.2) is 22.8 Å². The van der Waals surface area contributed by atoms with Crippen LogP contribution in [0.2, 0.25) is 0 Å². The topological polar surface area (TPSA) is 53.2 Å². The third kappa shape index (κ3) is 6.79. The second-order valence-electron chi connectivity index (χ2n) is 8.19. The second-order valence-corrected chi connectivity index (χ2v) is 8.19. The Morgan fingerprint density at radius 1 is 0.933 bits per heavy atom. The van der Waals surface area contributed by atoms with E-state index in [-0.39, 0.29) is 0 Å². The molecule has 0 atom stereocenters. The lowest BCUT2D eigenvalue weighted by Crippen LogP contribution is -1.90. The van der Waals surface area contributed by atoms with Crippen LogP contribution in [0.3, 0.4) is 0 Å². The molecule has 0 bridgehead atoms. The van der Waals surface area contributed by atoms with Gasteiger partial charge in [0.1, 0.15) is 5.75 Å². The summed E-state index contributed by atoms with van der Waals surface area (Å²) in [7, 11) is 1.70. The Kier molecular flexibility index (Phi) is 9.07. The number of hydrogen-bond acceptors (Lipinski definition) is 2. The maximum Gasteiger partial charge on any atom is 0.144 e. The number of H-pyrrole nitrogens is 2. The molecule has 0 saturated carbocycles. The first-order chi connectivity index (χ1) is 14.8. The largest absolute Gasteiger partial charge is 0.494 e. The molecule has 0 amide bonds. The predicted octanol–water partition coefficient (Wildman–Crippen LogP) is 7.68. The van der Waals surface area contributed by atoms with Gasteiger partial charge in [0.25, 0.3) is 0 Å². The highest BCUT2D eigenvalue weighted by atomic mass is 16.5. The molecule has 4 heteroatoms. The number of hydrogen-bond donors (Lipinski definition) is 2. The Bertz CT molecular complexity index is 840.